The van der Waals surface area contributed by atoms with E-state index in [1.807, 2.05) is 19.1 Å². The molecule has 0 bridgehead atoms. The predicted octanol–water partition coefficient (Wildman–Crippen LogP) is 3.34. The predicted molar refractivity (Wildman–Crippen MR) is 128 cm³/mol. The molecule has 0 atom stereocenters. The van der Waals surface area contributed by atoms with Gasteiger partial charge in [-0.25, -0.2) is 9.97 Å². The average molecular weight is 480 g/mol. The lowest BCUT2D eigenvalue weighted by atomic mass is 10.1. The molecule has 12 heteroatoms. The molecule has 1 amide bonds. The SMILES string of the molecule is COc1c(Cl)cccc1Nc1c(-c2ccnc(Nc3nnn(C)c3C)n2)[nH]c2c1C(=O)NCC2. The van der Waals surface area contributed by atoms with Gasteiger partial charge in [-0.1, -0.05) is 22.9 Å². The maximum absolute atomic E-state index is 12.8. The summed E-state index contributed by atoms with van der Waals surface area (Å²) >= 11 is 6.32. The maximum atomic E-state index is 12.8. The number of hydrogen-bond acceptors (Lipinski definition) is 8. The van der Waals surface area contributed by atoms with Gasteiger partial charge >= 0.3 is 0 Å². The van der Waals surface area contributed by atoms with Crippen LogP contribution in [-0.4, -0.2) is 49.5 Å². The van der Waals surface area contributed by atoms with Crippen molar-refractivity contribution in [3.63, 3.8) is 0 Å². The van der Waals surface area contributed by atoms with Crippen molar-refractivity contribution >= 4 is 40.6 Å². The van der Waals surface area contributed by atoms with Gasteiger partial charge in [0, 0.05) is 31.9 Å². The zero-order valence-electron chi connectivity index (χ0n) is 18.7. The third-order valence-corrected chi connectivity index (χ3v) is 5.94. The molecule has 11 nitrogen and oxygen atoms in total. The fraction of sp³-hybridized carbons (Fsp3) is 0.227. The Hall–Kier alpha value is -4.12. The molecule has 0 saturated heterocycles. The highest BCUT2D eigenvalue weighted by molar-refractivity contribution is 6.32. The molecule has 4 N–H and O–H groups in total. The highest BCUT2D eigenvalue weighted by Gasteiger charge is 2.28. The van der Waals surface area contributed by atoms with Crippen molar-refractivity contribution in [3.8, 4) is 17.1 Å². The largest absolute Gasteiger partial charge is 0.493 e. The summed E-state index contributed by atoms with van der Waals surface area (Å²) in [5.41, 5.74) is 4.62. The Balaban J connectivity index is 1.59. The number of aromatic nitrogens is 6. The molecule has 0 aliphatic carbocycles. The van der Waals surface area contributed by atoms with Crippen LogP contribution < -0.4 is 20.7 Å². The van der Waals surface area contributed by atoms with Crippen molar-refractivity contribution in [2.45, 2.75) is 13.3 Å². The number of methoxy groups -OCH3 is 1. The molecule has 174 valence electrons. The van der Waals surface area contributed by atoms with E-state index in [1.165, 1.54) is 0 Å². The molecular weight excluding hydrogens is 458 g/mol. The highest BCUT2D eigenvalue weighted by atomic mass is 35.5. The van der Waals surface area contributed by atoms with Gasteiger partial charge in [0.15, 0.2) is 11.6 Å². The Labute approximate surface area is 199 Å². The van der Waals surface area contributed by atoms with Gasteiger partial charge in [0.05, 0.1) is 46.2 Å². The van der Waals surface area contributed by atoms with E-state index in [9.17, 15) is 4.79 Å². The second-order valence-corrected chi connectivity index (χ2v) is 8.12. The van der Waals surface area contributed by atoms with Crippen LogP contribution in [0.5, 0.6) is 5.75 Å². The van der Waals surface area contributed by atoms with E-state index in [0.717, 1.165) is 11.4 Å². The first-order valence-electron chi connectivity index (χ1n) is 10.6. The number of benzene rings is 1. The van der Waals surface area contributed by atoms with Crippen molar-refractivity contribution in [1.29, 1.82) is 0 Å². The quantitative estimate of drug-likeness (QED) is 0.330. The number of aryl methyl sites for hydroxylation is 1. The number of carbonyl (C=O) groups excluding carboxylic acids is 1. The highest BCUT2D eigenvalue weighted by Crippen LogP contribution is 2.40. The standard InChI is InChI=1S/C22H22ClN9O2/c1-11-20(30-31-32(11)2)29-22-25-10-8-14(28-22)17-18(16-13(26-17)7-9-24-21(16)33)27-15-6-4-5-12(23)19(15)34-3/h4-6,8,10,26-27H,7,9H2,1-3H3,(H,24,33)(H,25,28,29). The lowest BCUT2D eigenvalue weighted by molar-refractivity contribution is 0.0947. The maximum Gasteiger partial charge on any atom is 0.255 e. The Morgan fingerprint density at radius 3 is 2.85 bits per heavy atom. The normalized spacial score (nSPS) is 12.8. The Morgan fingerprint density at radius 2 is 2.09 bits per heavy atom. The summed E-state index contributed by atoms with van der Waals surface area (Å²) in [6.45, 7) is 2.44. The first-order valence-corrected chi connectivity index (χ1v) is 10.9. The smallest absolute Gasteiger partial charge is 0.255 e. The van der Waals surface area contributed by atoms with Crippen molar-refractivity contribution in [1.82, 2.24) is 35.3 Å². The van der Waals surface area contributed by atoms with Crippen LogP contribution in [-0.2, 0) is 13.5 Å². The summed E-state index contributed by atoms with van der Waals surface area (Å²) < 4.78 is 7.14. The number of ether oxygens (including phenoxy) is 1. The minimum Gasteiger partial charge on any atom is -0.493 e. The van der Waals surface area contributed by atoms with E-state index in [4.69, 9.17) is 16.3 Å². The minimum atomic E-state index is -0.171. The van der Waals surface area contributed by atoms with E-state index in [-0.39, 0.29) is 5.91 Å². The fourth-order valence-electron chi connectivity index (χ4n) is 3.83. The van der Waals surface area contributed by atoms with Gasteiger partial charge in [0.2, 0.25) is 5.95 Å². The molecule has 0 spiro atoms. The molecule has 0 saturated carbocycles. The topological polar surface area (TPSA) is 135 Å². The van der Waals surface area contributed by atoms with E-state index in [2.05, 4.69) is 41.2 Å². The fourth-order valence-corrected chi connectivity index (χ4v) is 4.08. The van der Waals surface area contributed by atoms with E-state index < -0.39 is 0 Å². The second-order valence-electron chi connectivity index (χ2n) is 7.72. The first kappa shape index (κ1) is 21.7. The third-order valence-electron chi connectivity index (χ3n) is 5.64. The molecule has 0 fully saturated rings. The van der Waals surface area contributed by atoms with Crippen molar-refractivity contribution < 1.29 is 9.53 Å². The van der Waals surface area contributed by atoms with Gasteiger partial charge < -0.3 is 25.7 Å². The van der Waals surface area contributed by atoms with Crippen molar-refractivity contribution in [2.24, 2.45) is 7.05 Å². The van der Waals surface area contributed by atoms with Crippen LogP contribution in [0.2, 0.25) is 5.02 Å². The molecule has 1 aliphatic heterocycles. The molecule has 5 rings (SSSR count). The summed E-state index contributed by atoms with van der Waals surface area (Å²) in [6.07, 6.45) is 2.30. The zero-order chi connectivity index (χ0) is 23.8. The minimum absolute atomic E-state index is 0.171. The molecule has 4 aromatic rings. The zero-order valence-corrected chi connectivity index (χ0v) is 19.5. The number of nitrogens with zero attached hydrogens (tertiary/aromatic N) is 5. The van der Waals surface area contributed by atoms with E-state index in [1.54, 1.807) is 37.2 Å². The number of hydrogen-bond donors (Lipinski definition) is 4. The number of anilines is 4. The molecule has 1 aliphatic rings. The molecular formula is C22H22ClN9O2. The molecule has 34 heavy (non-hydrogen) atoms. The Kier molecular flexibility index (Phi) is 5.54. The van der Waals surface area contributed by atoms with Crippen LogP contribution >= 0.6 is 11.6 Å². The second kappa shape index (κ2) is 8.67. The summed E-state index contributed by atoms with van der Waals surface area (Å²) in [5.74, 6) is 1.22. The monoisotopic (exact) mass is 479 g/mol. The lowest BCUT2D eigenvalue weighted by Crippen LogP contribution is -2.31. The summed E-state index contributed by atoms with van der Waals surface area (Å²) in [5, 5.41) is 17.9. The molecule has 3 aromatic heterocycles. The van der Waals surface area contributed by atoms with Gasteiger partial charge in [-0.15, -0.1) is 5.10 Å². The number of para-hydroxylation sites is 1. The first-order chi connectivity index (χ1) is 16.5. The van der Waals surface area contributed by atoms with Crippen LogP contribution in [0.1, 0.15) is 21.7 Å². The molecule has 0 radical (unpaired) electrons. The lowest BCUT2D eigenvalue weighted by Gasteiger charge is -2.17. The van der Waals surface area contributed by atoms with Crippen LogP contribution in [0.4, 0.5) is 23.1 Å². The van der Waals surface area contributed by atoms with Gasteiger partial charge in [-0.3, -0.25) is 9.48 Å². The number of carbonyl (C=O) groups is 1. The summed E-state index contributed by atoms with van der Waals surface area (Å²) in [7, 11) is 3.35. The van der Waals surface area contributed by atoms with Gasteiger partial charge in [-0.2, -0.15) is 0 Å². The molecule has 4 heterocycles. The molecule has 1 aromatic carbocycles. The summed E-state index contributed by atoms with van der Waals surface area (Å²) in [6, 6.07) is 7.15. The van der Waals surface area contributed by atoms with Gasteiger partial charge in [0.1, 0.15) is 0 Å². The van der Waals surface area contributed by atoms with Crippen molar-refractivity contribution in [2.75, 3.05) is 24.3 Å². The van der Waals surface area contributed by atoms with Crippen molar-refractivity contribution in [3.05, 3.63) is 52.4 Å². The Bertz CT molecular complexity index is 1400. The average Bonchev–Trinajstić information content (AvgIpc) is 3.35. The number of aromatic amines is 1. The van der Waals surface area contributed by atoms with Crippen LogP contribution in [0.15, 0.2) is 30.5 Å². The van der Waals surface area contributed by atoms with Crippen LogP contribution in [0, 0.1) is 6.92 Å². The van der Waals surface area contributed by atoms with Gasteiger partial charge in [-0.05, 0) is 25.1 Å². The Morgan fingerprint density at radius 1 is 1.24 bits per heavy atom. The van der Waals surface area contributed by atoms with Gasteiger partial charge in [0.25, 0.3) is 5.91 Å². The number of nitrogens with one attached hydrogen (secondary N) is 4. The number of fused-ring (bicyclic) bond motifs is 1. The number of amides is 1. The third kappa shape index (κ3) is 3.79. The number of H-pyrrole nitrogens is 1. The number of halogens is 1. The van der Waals surface area contributed by atoms with E-state index >= 15 is 0 Å². The summed E-state index contributed by atoms with van der Waals surface area (Å²) in [4.78, 5) is 25.2. The van der Waals surface area contributed by atoms with E-state index in [0.29, 0.717) is 63.8 Å². The van der Waals surface area contributed by atoms with Crippen LogP contribution in [0.3, 0.4) is 0 Å². The molecule has 0 unspecified atom stereocenters. The van der Waals surface area contributed by atoms with Crippen LogP contribution in [0.25, 0.3) is 11.4 Å². The number of rotatable bonds is 6.